The monoisotopic (exact) mass is 280 g/mol. The fraction of sp³-hybridized carbons (Fsp3) is 0.308. The third-order valence-corrected chi connectivity index (χ3v) is 2.69. The number of halogens is 1. The van der Waals surface area contributed by atoms with Gasteiger partial charge in [-0.1, -0.05) is 12.1 Å². The minimum absolute atomic E-state index is 0.101. The van der Waals surface area contributed by atoms with Crippen LogP contribution in [0.2, 0.25) is 0 Å². The summed E-state index contributed by atoms with van der Waals surface area (Å²) in [5.74, 6) is -2.69. The molecule has 1 fully saturated rings. The molecule has 0 saturated heterocycles. The van der Waals surface area contributed by atoms with Gasteiger partial charge in [-0.2, -0.15) is 0 Å². The van der Waals surface area contributed by atoms with Gasteiger partial charge in [0.15, 0.2) is 6.61 Å². The second-order valence-corrected chi connectivity index (χ2v) is 4.36. The summed E-state index contributed by atoms with van der Waals surface area (Å²) in [6.45, 7) is -0.479. The Morgan fingerprint density at radius 2 is 1.90 bits per heavy atom. The molecule has 1 aliphatic carbocycles. The lowest BCUT2D eigenvalue weighted by atomic mass is 10.2. The van der Waals surface area contributed by atoms with Crippen molar-refractivity contribution in [1.29, 1.82) is 0 Å². The Morgan fingerprint density at radius 3 is 2.55 bits per heavy atom. The Balaban J connectivity index is 1.74. The zero-order valence-corrected chi connectivity index (χ0v) is 10.5. The predicted octanol–water partition coefficient (Wildman–Crippen LogP) is 0.540. The molecule has 2 amide bonds. The maximum absolute atomic E-state index is 13.3. The van der Waals surface area contributed by atoms with Crippen LogP contribution in [-0.2, 0) is 14.3 Å². The van der Waals surface area contributed by atoms with Gasteiger partial charge in [-0.25, -0.2) is 4.39 Å². The van der Waals surface area contributed by atoms with E-state index in [1.165, 1.54) is 18.2 Å². The average Bonchev–Trinajstić information content (AvgIpc) is 3.27. The number of hydrogen-bond acceptors (Lipinski definition) is 4. The normalized spacial score (nSPS) is 13.4. The molecule has 20 heavy (non-hydrogen) atoms. The first-order chi connectivity index (χ1) is 9.58. The Labute approximate surface area is 114 Å². The Hall–Kier alpha value is -2.44. The number of hydrazine groups is 1. The summed E-state index contributed by atoms with van der Waals surface area (Å²) in [5.41, 5.74) is 3.89. The number of benzene rings is 1. The van der Waals surface area contributed by atoms with Gasteiger partial charge in [-0.15, -0.1) is 0 Å². The molecule has 0 aromatic heterocycles. The Kier molecular flexibility index (Phi) is 4.29. The zero-order chi connectivity index (χ0) is 14.5. The molecule has 1 saturated carbocycles. The van der Waals surface area contributed by atoms with Crippen molar-refractivity contribution in [3.63, 3.8) is 0 Å². The lowest BCUT2D eigenvalue weighted by Crippen LogP contribution is -2.43. The number of carbonyl (C=O) groups is 3. The fourth-order valence-corrected chi connectivity index (χ4v) is 1.45. The average molecular weight is 280 g/mol. The van der Waals surface area contributed by atoms with Crippen molar-refractivity contribution in [2.45, 2.75) is 12.8 Å². The van der Waals surface area contributed by atoms with Crippen LogP contribution < -0.4 is 10.9 Å². The van der Waals surface area contributed by atoms with Crippen LogP contribution in [0.15, 0.2) is 24.3 Å². The molecule has 106 valence electrons. The van der Waals surface area contributed by atoms with E-state index in [1.807, 2.05) is 10.9 Å². The molecule has 0 spiro atoms. The van der Waals surface area contributed by atoms with Gasteiger partial charge >= 0.3 is 5.97 Å². The van der Waals surface area contributed by atoms with Crippen LogP contribution in [0.1, 0.15) is 23.2 Å². The highest BCUT2D eigenvalue weighted by atomic mass is 19.1. The minimum Gasteiger partial charge on any atom is -0.455 e. The van der Waals surface area contributed by atoms with Crippen LogP contribution in [0.4, 0.5) is 4.39 Å². The summed E-state index contributed by atoms with van der Waals surface area (Å²) in [4.78, 5) is 34.0. The molecule has 2 rings (SSSR count). The molecule has 0 aliphatic heterocycles. The van der Waals surface area contributed by atoms with Crippen molar-refractivity contribution in [3.05, 3.63) is 35.6 Å². The number of hydrogen-bond donors (Lipinski definition) is 2. The van der Waals surface area contributed by atoms with E-state index in [9.17, 15) is 18.8 Å². The molecule has 7 heteroatoms. The summed E-state index contributed by atoms with van der Waals surface area (Å²) < 4.78 is 18.0. The van der Waals surface area contributed by atoms with Crippen LogP contribution in [0.5, 0.6) is 0 Å². The second kappa shape index (κ2) is 6.14. The maximum Gasteiger partial charge on any atom is 0.309 e. The van der Waals surface area contributed by atoms with Gasteiger partial charge in [0.05, 0.1) is 11.5 Å². The summed E-state index contributed by atoms with van der Waals surface area (Å²) in [7, 11) is 0. The second-order valence-electron chi connectivity index (χ2n) is 4.36. The van der Waals surface area contributed by atoms with Crippen molar-refractivity contribution < 1.29 is 23.5 Å². The fourth-order valence-electron chi connectivity index (χ4n) is 1.45. The van der Waals surface area contributed by atoms with Crippen LogP contribution in [-0.4, -0.2) is 24.4 Å². The van der Waals surface area contributed by atoms with E-state index in [-0.39, 0.29) is 11.5 Å². The first-order valence-corrected chi connectivity index (χ1v) is 6.08. The van der Waals surface area contributed by atoms with Crippen molar-refractivity contribution >= 4 is 17.8 Å². The van der Waals surface area contributed by atoms with Crippen LogP contribution in [0.25, 0.3) is 0 Å². The number of nitrogens with one attached hydrogen (secondary N) is 2. The molecule has 1 aliphatic rings. The number of ether oxygens (including phenoxy) is 1. The van der Waals surface area contributed by atoms with Crippen LogP contribution in [0, 0.1) is 11.7 Å². The molecule has 1 aromatic carbocycles. The van der Waals surface area contributed by atoms with E-state index >= 15 is 0 Å². The maximum atomic E-state index is 13.3. The molecule has 0 unspecified atom stereocenters. The van der Waals surface area contributed by atoms with Gasteiger partial charge in [-0.3, -0.25) is 25.2 Å². The van der Waals surface area contributed by atoms with Gasteiger partial charge in [-0.05, 0) is 25.0 Å². The summed E-state index contributed by atoms with van der Waals surface area (Å²) in [6.07, 6.45) is 1.56. The third-order valence-electron chi connectivity index (χ3n) is 2.69. The highest BCUT2D eigenvalue weighted by Gasteiger charge is 2.31. The summed E-state index contributed by atoms with van der Waals surface area (Å²) in [6, 6.07) is 5.36. The number of rotatable bonds is 4. The zero-order valence-electron chi connectivity index (χ0n) is 10.5. The first-order valence-electron chi connectivity index (χ1n) is 6.08. The van der Waals surface area contributed by atoms with E-state index in [0.29, 0.717) is 0 Å². The van der Waals surface area contributed by atoms with E-state index in [0.717, 1.165) is 18.9 Å². The van der Waals surface area contributed by atoms with Crippen LogP contribution in [0.3, 0.4) is 0 Å². The molecular weight excluding hydrogens is 267 g/mol. The minimum atomic E-state index is -0.787. The van der Waals surface area contributed by atoms with Gasteiger partial charge in [0.25, 0.3) is 11.8 Å². The largest absolute Gasteiger partial charge is 0.455 e. The molecule has 6 nitrogen and oxygen atoms in total. The smallest absolute Gasteiger partial charge is 0.309 e. The summed E-state index contributed by atoms with van der Waals surface area (Å²) >= 11 is 0. The van der Waals surface area contributed by atoms with Crippen molar-refractivity contribution in [2.24, 2.45) is 5.92 Å². The Morgan fingerprint density at radius 1 is 1.20 bits per heavy atom. The van der Waals surface area contributed by atoms with E-state index in [4.69, 9.17) is 4.74 Å². The molecule has 0 bridgehead atoms. The van der Waals surface area contributed by atoms with Crippen molar-refractivity contribution in [1.82, 2.24) is 10.9 Å². The molecule has 0 heterocycles. The quantitative estimate of drug-likeness (QED) is 0.622. The topological polar surface area (TPSA) is 84.5 Å². The predicted molar refractivity (Wildman–Crippen MR) is 65.7 cm³/mol. The molecule has 0 radical (unpaired) electrons. The number of carbonyl (C=O) groups excluding carboxylic acids is 3. The van der Waals surface area contributed by atoms with Gasteiger partial charge < -0.3 is 4.74 Å². The van der Waals surface area contributed by atoms with Gasteiger partial charge in [0, 0.05) is 0 Å². The SMILES string of the molecule is O=C(COC(=O)C1CC1)NNC(=O)c1ccccc1F. The van der Waals surface area contributed by atoms with Gasteiger partial charge in [0.2, 0.25) is 0 Å². The molecule has 0 atom stereocenters. The lowest BCUT2D eigenvalue weighted by molar-refractivity contribution is -0.149. The van der Waals surface area contributed by atoms with Crippen LogP contribution >= 0.6 is 0 Å². The highest BCUT2D eigenvalue weighted by molar-refractivity contribution is 5.95. The van der Waals surface area contributed by atoms with Gasteiger partial charge in [0.1, 0.15) is 5.82 Å². The highest BCUT2D eigenvalue weighted by Crippen LogP contribution is 2.29. The lowest BCUT2D eigenvalue weighted by Gasteiger charge is -2.08. The first kappa shape index (κ1) is 14.0. The number of esters is 1. The van der Waals surface area contributed by atoms with E-state index in [2.05, 4.69) is 0 Å². The van der Waals surface area contributed by atoms with Crippen molar-refractivity contribution in [2.75, 3.05) is 6.61 Å². The van der Waals surface area contributed by atoms with E-state index in [1.54, 1.807) is 0 Å². The Bertz CT molecular complexity index is 543. The van der Waals surface area contributed by atoms with E-state index < -0.39 is 30.2 Å². The van der Waals surface area contributed by atoms with Crippen molar-refractivity contribution in [3.8, 4) is 0 Å². The summed E-state index contributed by atoms with van der Waals surface area (Å²) in [5, 5.41) is 0. The molecule has 1 aromatic rings. The number of amides is 2. The molecule has 2 N–H and O–H groups in total. The molecular formula is C13H13FN2O4. The standard InChI is InChI=1S/C13H13FN2O4/c14-10-4-2-1-3-9(10)12(18)16-15-11(17)7-20-13(19)8-5-6-8/h1-4,8H,5-7H2,(H,15,17)(H,16,18). The third kappa shape index (κ3) is 3.78.